The third kappa shape index (κ3) is 3.58. The molecule has 27 heavy (non-hydrogen) atoms. The minimum atomic E-state index is -3.58. The monoisotopic (exact) mass is 382 g/mol. The molecule has 1 aromatic rings. The van der Waals surface area contributed by atoms with E-state index >= 15 is 0 Å². The third-order valence-electron chi connectivity index (χ3n) is 6.18. The van der Waals surface area contributed by atoms with Crippen molar-refractivity contribution in [2.45, 2.75) is 49.0 Å². The van der Waals surface area contributed by atoms with Gasteiger partial charge < -0.3 is 5.32 Å². The highest BCUT2D eigenvalue weighted by Crippen LogP contribution is 2.55. The van der Waals surface area contributed by atoms with Crippen LogP contribution in [0.15, 0.2) is 40.9 Å². The fourth-order valence-electron chi connectivity index (χ4n) is 5.55. The molecule has 0 aliphatic heterocycles. The molecule has 4 saturated carbocycles. The summed E-state index contributed by atoms with van der Waals surface area (Å²) < 4.78 is 29.0. The Balaban J connectivity index is 1.49. The highest BCUT2D eigenvalue weighted by atomic mass is 32.2. The standard InChI is InChI=1S/C20H22N4O2S/c21-11-17(12-22)13-23-18-1-3-19(4-2-18)27(25,26)24-20-8-14-5-15(9-20)7-16(6-14)10-20/h1-4,13-16,23-24H,5-10H2. The van der Waals surface area contributed by atoms with E-state index in [1.165, 1.54) is 25.5 Å². The van der Waals surface area contributed by atoms with E-state index in [1.807, 2.05) is 0 Å². The first-order chi connectivity index (χ1) is 12.9. The maximum Gasteiger partial charge on any atom is 0.241 e. The molecule has 140 valence electrons. The minimum absolute atomic E-state index is 0.0461. The Morgan fingerprint density at radius 3 is 2.00 bits per heavy atom. The van der Waals surface area contributed by atoms with Crippen molar-refractivity contribution in [3.8, 4) is 12.1 Å². The molecule has 0 atom stereocenters. The molecular weight excluding hydrogens is 360 g/mol. The lowest BCUT2D eigenvalue weighted by molar-refractivity contribution is -0.00810. The molecule has 7 heteroatoms. The second kappa shape index (κ2) is 6.67. The highest BCUT2D eigenvalue weighted by molar-refractivity contribution is 7.89. The normalized spacial score (nSPS) is 31.0. The first kappa shape index (κ1) is 18.0. The average Bonchev–Trinajstić information content (AvgIpc) is 2.61. The van der Waals surface area contributed by atoms with E-state index in [9.17, 15) is 8.42 Å². The van der Waals surface area contributed by atoms with Crippen molar-refractivity contribution in [3.05, 3.63) is 36.0 Å². The quantitative estimate of drug-likeness (QED) is 0.760. The molecule has 0 saturated heterocycles. The molecule has 1 aromatic carbocycles. The molecule has 0 heterocycles. The molecule has 2 N–H and O–H groups in total. The smallest absolute Gasteiger partial charge is 0.241 e. The molecular formula is C20H22N4O2S. The largest absolute Gasteiger partial charge is 0.360 e. The zero-order chi connectivity index (χ0) is 19.1. The molecule has 6 nitrogen and oxygen atoms in total. The number of hydrogen-bond donors (Lipinski definition) is 2. The van der Waals surface area contributed by atoms with E-state index in [1.54, 1.807) is 36.4 Å². The molecule has 0 unspecified atom stereocenters. The summed E-state index contributed by atoms with van der Waals surface area (Å²) >= 11 is 0. The Morgan fingerprint density at radius 2 is 1.52 bits per heavy atom. The summed E-state index contributed by atoms with van der Waals surface area (Å²) in [6, 6.07) is 9.90. The number of anilines is 1. The van der Waals surface area contributed by atoms with Gasteiger partial charge in [-0.15, -0.1) is 0 Å². The van der Waals surface area contributed by atoms with Crippen molar-refractivity contribution in [1.29, 1.82) is 10.5 Å². The lowest BCUT2D eigenvalue weighted by atomic mass is 9.53. The topological polar surface area (TPSA) is 106 Å². The van der Waals surface area contributed by atoms with Crippen LogP contribution in [0.4, 0.5) is 5.69 Å². The van der Waals surface area contributed by atoms with Crippen LogP contribution in [0.5, 0.6) is 0 Å². The highest BCUT2D eigenvalue weighted by Gasteiger charge is 2.52. The summed E-state index contributed by atoms with van der Waals surface area (Å²) in [5.74, 6) is 2.02. The van der Waals surface area contributed by atoms with Gasteiger partial charge in [-0.3, -0.25) is 0 Å². The van der Waals surface area contributed by atoms with E-state index < -0.39 is 10.0 Å². The number of allylic oxidation sites excluding steroid dienone is 1. The summed E-state index contributed by atoms with van der Waals surface area (Å²) in [7, 11) is -3.58. The molecule has 4 fully saturated rings. The molecule has 4 bridgehead atoms. The minimum Gasteiger partial charge on any atom is -0.360 e. The Labute approximate surface area is 159 Å². The maximum absolute atomic E-state index is 13.0. The zero-order valence-electron chi connectivity index (χ0n) is 15.0. The van der Waals surface area contributed by atoms with E-state index in [0.29, 0.717) is 23.4 Å². The predicted octanol–water partition coefficient (Wildman–Crippen LogP) is 3.28. The van der Waals surface area contributed by atoms with Crippen molar-refractivity contribution in [2.75, 3.05) is 5.32 Å². The van der Waals surface area contributed by atoms with Gasteiger partial charge in [0.1, 0.15) is 17.7 Å². The van der Waals surface area contributed by atoms with E-state index in [2.05, 4.69) is 10.0 Å². The van der Waals surface area contributed by atoms with Gasteiger partial charge in [-0.2, -0.15) is 10.5 Å². The second-order valence-electron chi connectivity index (χ2n) is 8.25. The molecule has 0 radical (unpaired) electrons. The van der Waals surface area contributed by atoms with Gasteiger partial charge in [-0.25, -0.2) is 13.1 Å². The lowest BCUT2D eigenvalue weighted by Gasteiger charge is -2.56. The summed E-state index contributed by atoms with van der Waals surface area (Å²) in [5, 5.41) is 20.3. The van der Waals surface area contributed by atoms with Crippen LogP contribution in [0, 0.1) is 40.4 Å². The Hall–Kier alpha value is -2.35. The van der Waals surface area contributed by atoms with Crippen LogP contribution in [0.3, 0.4) is 0 Å². The number of rotatable bonds is 5. The fourth-order valence-corrected chi connectivity index (χ4v) is 6.99. The van der Waals surface area contributed by atoms with Crippen molar-refractivity contribution in [2.24, 2.45) is 17.8 Å². The zero-order valence-corrected chi connectivity index (χ0v) is 15.8. The fraction of sp³-hybridized carbons (Fsp3) is 0.500. The van der Waals surface area contributed by atoms with Gasteiger partial charge in [0.25, 0.3) is 0 Å². The number of hydrogen-bond acceptors (Lipinski definition) is 5. The van der Waals surface area contributed by atoms with E-state index in [4.69, 9.17) is 10.5 Å². The first-order valence-electron chi connectivity index (χ1n) is 9.32. The number of nitriles is 2. The van der Waals surface area contributed by atoms with Crippen LogP contribution < -0.4 is 10.0 Å². The van der Waals surface area contributed by atoms with Gasteiger partial charge in [0.05, 0.1) is 4.90 Å². The van der Waals surface area contributed by atoms with Gasteiger partial charge in [0.2, 0.25) is 10.0 Å². The molecule has 0 spiro atoms. The van der Waals surface area contributed by atoms with E-state index in [-0.39, 0.29) is 16.0 Å². The van der Waals surface area contributed by atoms with Gasteiger partial charge in [-0.1, -0.05) is 0 Å². The number of nitrogens with one attached hydrogen (secondary N) is 2. The Morgan fingerprint density at radius 1 is 1.00 bits per heavy atom. The average molecular weight is 382 g/mol. The summed E-state index contributed by atoms with van der Waals surface area (Å²) in [4.78, 5) is 0.244. The first-order valence-corrected chi connectivity index (χ1v) is 10.8. The predicted molar refractivity (Wildman–Crippen MR) is 101 cm³/mol. The molecule has 0 aromatic heterocycles. The second-order valence-corrected chi connectivity index (χ2v) is 9.94. The SMILES string of the molecule is N#CC(C#N)=CNc1ccc(S(=O)(=O)NC23CC4CC(CC(C4)C2)C3)cc1. The van der Waals surface area contributed by atoms with Crippen LogP contribution in [0.2, 0.25) is 0 Å². The molecule has 4 aliphatic rings. The van der Waals surface area contributed by atoms with Gasteiger partial charge in [-0.05, 0) is 80.5 Å². The van der Waals surface area contributed by atoms with Crippen LogP contribution in [-0.4, -0.2) is 14.0 Å². The summed E-state index contributed by atoms with van der Waals surface area (Å²) in [6.45, 7) is 0. The third-order valence-corrected chi connectivity index (χ3v) is 7.77. The molecule has 0 amide bonds. The number of nitrogens with zero attached hydrogens (tertiary/aromatic N) is 2. The van der Waals surface area contributed by atoms with Crippen LogP contribution in [0.1, 0.15) is 38.5 Å². The van der Waals surface area contributed by atoms with Crippen LogP contribution in [-0.2, 0) is 10.0 Å². The van der Waals surface area contributed by atoms with Crippen molar-refractivity contribution < 1.29 is 8.42 Å². The molecule has 5 rings (SSSR count). The maximum atomic E-state index is 13.0. The lowest BCUT2D eigenvalue weighted by Crippen LogP contribution is -2.59. The van der Waals surface area contributed by atoms with Gasteiger partial charge >= 0.3 is 0 Å². The molecule has 4 aliphatic carbocycles. The van der Waals surface area contributed by atoms with Gasteiger partial charge in [0, 0.05) is 17.4 Å². The Kier molecular flexibility index (Phi) is 4.46. The summed E-state index contributed by atoms with van der Waals surface area (Å²) in [6.07, 6.45) is 8.00. The van der Waals surface area contributed by atoms with Crippen molar-refractivity contribution >= 4 is 15.7 Å². The van der Waals surface area contributed by atoms with Crippen LogP contribution >= 0.6 is 0 Å². The van der Waals surface area contributed by atoms with Crippen molar-refractivity contribution in [3.63, 3.8) is 0 Å². The number of sulfonamides is 1. The van der Waals surface area contributed by atoms with Crippen molar-refractivity contribution in [1.82, 2.24) is 4.72 Å². The summed E-state index contributed by atoms with van der Waals surface area (Å²) in [5.41, 5.74) is 0.309. The Bertz CT molecular complexity index is 900. The van der Waals surface area contributed by atoms with Crippen LogP contribution in [0.25, 0.3) is 0 Å². The number of benzene rings is 1. The van der Waals surface area contributed by atoms with Gasteiger partial charge in [0.15, 0.2) is 0 Å². The van der Waals surface area contributed by atoms with E-state index in [0.717, 1.165) is 19.3 Å².